The predicted molar refractivity (Wildman–Crippen MR) is 91.6 cm³/mol. The molecule has 0 bridgehead atoms. The van der Waals surface area contributed by atoms with Gasteiger partial charge >= 0.3 is 6.09 Å². The summed E-state index contributed by atoms with van der Waals surface area (Å²) < 4.78 is 11.3. The molecule has 0 radical (unpaired) electrons. The zero-order valence-corrected chi connectivity index (χ0v) is 15.4. The topological polar surface area (TPSA) is 59.6 Å². The van der Waals surface area contributed by atoms with Gasteiger partial charge in [-0.25, -0.2) is 4.79 Å². The van der Waals surface area contributed by atoms with Crippen molar-refractivity contribution < 1.29 is 14.3 Å². The van der Waals surface area contributed by atoms with E-state index in [1.807, 2.05) is 20.8 Å². The molecule has 0 aromatic heterocycles. The van der Waals surface area contributed by atoms with E-state index in [0.29, 0.717) is 24.5 Å². The fourth-order valence-corrected chi connectivity index (χ4v) is 3.19. The number of alkyl carbamates (subject to hydrolysis) is 1. The first-order valence-electron chi connectivity index (χ1n) is 9.07. The molecule has 0 aromatic carbocycles. The van der Waals surface area contributed by atoms with Crippen molar-refractivity contribution in [2.75, 3.05) is 13.2 Å². The van der Waals surface area contributed by atoms with Crippen LogP contribution in [0.5, 0.6) is 0 Å². The lowest BCUT2D eigenvalue weighted by atomic mass is 9.89. The van der Waals surface area contributed by atoms with Crippen molar-refractivity contribution in [1.29, 1.82) is 0 Å². The second kappa shape index (κ2) is 7.39. The van der Waals surface area contributed by atoms with Crippen LogP contribution in [0.1, 0.15) is 66.7 Å². The standard InChI is InChI=1S/C18H34N2O3/c1-6-18(5)11-14(9-10-22-18)20-15(13-7-8-13)12-19-16(21)23-17(2,3)4/h13-15,20H,6-12H2,1-5H3,(H,19,21). The van der Waals surface area contributed by atoms with Crippen LogP contribution < -0.4 is 10.6 Å². The van der Waals surface area contributed by atoms with E-state index in [9.17, 15) is 4.79 Å². The van der Waals surface area contributed by atoms with Crippen LogP contribution in [0.3, 0.4) is 0 Å². The molecule has 2 fully saturated rings. The summed E-state index contributed by atoms with van der Waals surface area (Å²) in [7, 11) is 0. The van der Waals surface area contributed by atoms with Crippen molar-refractivity contribution in [1.82, 2.24) is 10.6 Å². The molecule has 2 aliphatic rings. The number of hydrogen-bond donors (Lipinski definition) is 2. The Morgan fingerprint density at radius 3 is 2.61 bits per heavy atom. The number of amides is 1. The van der Waals surface area contributed by atoms with Crippen LogP contribution in [0.2, 0.25) is 0 Å². The zero-order chi connectivity index (χ0) is 17.1. The van der Waals surface area contributed by atoms with Crippen LogP contribution in [0.25, 0.3) is 0 Å². The molecule has 3 atom stereocenters. The molecule has 0 spiro atoms. The molecule has 1 amide bonds. The SMILES string of the molecule is CCC1(C)CC(NC(CNC(=O)OC(C)(C)C)C2CC2)CCO1. The molecule has 0 aromatic rings. The van der Waals surface area contributed by atoms with Gasteiger partial charge in [0.15, 0.2) is 0 Å². The smallest absolute Gasteiger partial charge is 0.407 e. The van der Waals surface area contributed by atoms with Crippen LogP contribution in [-0.2, 0) is 9.47 Å². The number of nitrogens with one attached hydrogen (secondary N) is 2. The minimum Gasteiger partial charge on any atom is -0.444 e. The van der Waals surface area contributed by atoms with Gasteiger partial charge in [-0.15, -0.1) is 0 Å². The number of carbonyl (C=O) groups is 1. The minimum atomic E-state index is -0.448. The van der Waals surface area contributed by atoms with Gasteiger partial charge in [0.1, 0.15) is 5.60 Å². The second-order valence-corrected chi connectivity index (χ2v) is 8.34. The number of hydrogen-bond acceptors (Lipinski definition) is 4. The van der Waals surface area contributed by atoms with Gasteiger partial charge < -0.3 is 20.1 Å². The summed E-state index contributed by atoms with van der Waals surface area (Å²) in [5.74, 6) is 0.681. The Morgan fingerprint density at radius 1 is 1.35 bits per heavy atom. The van der Waals surface area contributed by atoms with Crippen molar-refractivity contribution in [2.45, 2.75) is 90.0 Å². The summed E-state index contributed by atoms with van der Waals surface area (Å²) >= 11 is 0. The third-order valence-electron chi connectivity index (χ3n) is 4.85. The summed E-state index contributed by atoms with van der Waals surface area (Å²) in [6.45, 7) is 11.5. The molecule has 1 aliphatic carbocycles. The van der Waals surface area contributed by atoms with Crippen molar-refractivity contribution in [3.63, 3.8) is 0 Å². The molecule has 1 saturated heterocycles. The number of carbonyl (C=O) groups excluding carboxylic acids is 1. The first-order chi connectivity index (χ1) is 10.7. The van der Waals surface area contributed by atoms with Gasteiger partial charge in [-0.3, -0.25) is 0 Å². The first-order valence-corrected chi connectivity index (χ1v) is 9.07. The van der Waals surface area contributed by atoms with Crippen LogP contribution in [0.15, 0.2) is 0 Å². The van der Waals surface area contributed by atoms with Crippen molar-refractivity contribution >= 4 is 6.09 Å². The summed E-state index contributed by atoms with van der Waals surface area (Å²) in [6, 6.07) is 0.812. The van der Waals surface area contributed by atoms with Gasteiger partial charge in [-0.1, -0.05) is 6.92 Å². The molecule has 1 aliphatic heterocycles. The van der Waals surface area contributed by atoms with E-state index in [1.54, 1.807) is 0 Å². The minimum absolute atomic E-state index is 0.0113. The Labute approximate surface area is 140 Å². The average Bonchev–Trinajstić information content (AvgIpc) is 3.26. The summed E-state index contributed by atoms with van der Waals surface area (Å²) in [4.78, 5) is 11.9. The van der Waals surface area contributed by atoms with Gasteiger partial charge in [0.2, 0.25) is 0 Å². The molecule has 3 unspecified atom stereocenters. The maximum absolute atomic E-state index is 11.9. The quantitative estimate of drug-likeness (QED) is 0.787. The van der Waals surface area contributed by atoms with Gasteiger partial charge in [0.25, 0.3) is 0 Å². The third kappa shape index (κ3) is 6.30. The van der Waals surface area contributed by atoms with E-state index in [4.69, 9.17) is 9.47 Å². The molecule has 1 heterocycles. The normalized spacial score (nSPS) is 29.9. The molecule has 1 saturated carbocycles. The van der Waals surface area contributed by atoms with Crippen LogP contribution in [0.4, 0.5) is 4.79 Å². The Kier molecular flexibility index (Phi) is 5.95. The molecular weight excluding hydrogens is 292 g/mol. The van der Waals surface area contributed by atoms with E-state index in [-0.39, 0.29) is 11.7 Å². The van der Waals surface area contributed by atoms with E-state index in [0.717, 1.165) is 25.9 Å². The fraction of sp³-hybridized carbons (Fsp3) is 0.944. The number of rotatable bonds is 6. The Hall–Kier alpha value is -0.810. The molecule has 2 rings (SSSR count). The van der Waals surface area contributed by atoms with E-state index in [1.165, 1.54) is 12.8 Å². The lowest BCUT2D eigenvalue weighted by Gasteiger charge is -2.39. The molecule has 5 nitrogen and oxygen atoms in total. The lowest BCUT2D eigenvalue weighted by molar-refractivity contribution is -0.0793. The van der Waals surface area contributed by atoms with Crippen LogP contribution >= 0.6 is 0 Å². The first kappa shape index (κ1) is 18.5. The monoisotopic (exact) mass is 326 g/mol. The summed E-state index contributed by atoms with van der Waals surface area (Å²) in [5, 5.41) is 6.71. The van der Waals surface area contributed by atoms with Crippen LogP contribution in [0, 0.1) is 5.92 Å². The highest BCUT2D eigenvalue weighted by Gasteiger charge is 2.37. The average molecular weight is 326 g/mol. The van der Waals surface area contributed by atoms with Crippen molar-refractivity contribution in [3.8, 4) is 0 Å². The Balaban J connectivity index is 1.81. The highest BCUT2D eigenvalue weighted by atomic mass is 16.6. The second-order valence-electron chi connectivity index (χ2n) is 8.34. The molecular formula is C18H34N2O3. The molecule has 23 heavy (non-hydrogen) atoms. The predicted octanol–water partition coefficient (Wildman–Crippen LogP) is 3.23. The molecule has 5 heteroatoms. The Morgan fingerprint density at radius 2 is 2.04 bits per heavy atom. The van der Waals surface area contributed by atoms with E-state index >= 15 is 0 Å². The maximum Gasteiger partial charge on any atom is 0.407 e. The molecule has 134 valence electrons. The van der Waals surface area contributed by atoms with Gasteiger partial charge in [0.05, 0.1) is 5.60 Å². The number of ether oxygens (including phenoxy) is 2. The van der Waals surface area contributed by atoms with Gasteiger partial charge in [-0.2, -0.15) is 0 Å². The van der Waals surface area contributed by atoms with Crippen molar-refractivity contribution in [3.05, 3.63) is 0 Å². The summed E-state index contributed by atoms with van der Waals surface area (Å²) in [6.07, 6.45) is 5.30. The van der Waals surface area contributed by atoms with Gasteiger partial charge in [-0.05, 0) is 65.7 Å². The summed E-state index contributed by atoms with van der Waals surface area (Å²) in [5.41, 5.74) is -0.459. The third-order valence-corrected chi connectivity index (χ3v) is 4.85. The highest BCUT2D eigenvalue weighted by molar-refractivity contribution is 5.67. The molecule has 2 N–H and O–H groups in total. The van der Waals surface area contributed by atoms with Crippen molar-refractivity contribution in [2.24, 2.45) is 5.92 Å². The fourth-order valence-electron chi connectivity index (χ4n) is 3.19. The highest BCUT2D eigenvalue weighted by Crippen LogP contribution is 2.34. The van der Waals surface area contributed by atoms with E-state index in [2.05, 4.69) is 24.5 Å². The zero-order valence-electron chi connectivity index (χ0n) is 15.4. The Bertz CT molecular complexity index is 404. The van der Waals surface area contributed by atoms with Gasteiger partial charge in [0, 0.05) is 25.2 Å². The largest absolute Gasteiger partial charge is 0.444 e. The maximum atomic E-state index is 11.9. The van der Waals surface area contributed by atoms with E-state index < -0.39 is 5.60 Å². The lowest BCUT2D eigenvalue weighted by Crippen LogP contribution is -2.52. The van der Waals surface area contributed by atoms with Crippen LogP contribution in [-0.4, -0.2) is 42.5 Å².